The third-order valence-electron chi connectivity index (χ3n) is 2.40. The lowest BCUT2D eigenvalue weighted by atomic mass is 10.2. The van der Waals surface area contributed by atoms with E-state index in [1.807, 2.05) is 38.1 Å². The predicted molar refractivity (Wildman–Crippen MR) is 72.3 cm³/mol. The number of halogens is 1. The van der Waals surface area contributed by atoms with Crippen LogP contribution >= 0.6 is 15.9 Å². The van der Waals surface area contributed by atoms with Crippen molar-refractivity contribution in [3.05, 3.63) is 46.1 Å². The molecule has 1 aromatic carbocycles. The van der Waals surface area contributed by atoms with Crippen LogP contribution in [0.4, 0.5) is 5.69 Å². The molecule has 2 rings (SSSR count). The van der Waals surface area contributed by atoms with Gasteiger partial charge in [0.05, 0.1) is 4.47 Å². The monoisotopic (exact) mass is 292 g/mol. The summed E-state index contributed by atoms with van der Waals surface area (Å²) in [6, 6.07) is 7.51. The molecule has 0 amide bonds. The highest BCUT2D eigenvalue weighted by Gasteiger charge is 2.05. The third kappa shape index (κ3) is 2.77. The molecule has 2 aromatic rings. The molecular weight excluding hydrogens is 280 g/mol. The van der Waals surface area contributed by atoms with Gasteiger partial charge in [-0.15, -0.1) is 0 Å². The highest BCUT2D eigenvalue weighted by molar-refractivity contribution is 9.10. The van der Waals surface area contributed by atoms with E-state index in [1.54, 1.807) is 6.20 Å². The largest absolute Gasteiger partial charge is 0.438 e. The number of hydrogen-bond donors (Lipinski definition) is 1. The van der Waals surface area contributed by atoms with Gasteiger partial charge in [0.2, 0.25) is 5.88 Å². The standard InChI is InChI=1S/C13H13BrN2O/c1-8-5-11(14)13(16-7-8)17-10-3-4-12(15)9(2)6-10/h3-7H,15H2,1-2H3. The van der Waals surface area contributed by atoms with Crippen molar-refractivity contribution in [1.29, 1.82) is 0 Å². The van der Waals surface area contributed by atoms with E-state index < -0.39 is 0 Å². The molecule has 0 bridgehead atoms. The molecule has 0 radical (unpaired) electrons. The number of benzene rings is 1. The molecule has 0 spiro atoms. The molecule has 17 heavy (non-hydrogen) atoms. The van der Waals surface area contributed by atoms with Crippen LogP contribution in [0.25, 0.3) is 0 Å². The van der Waals surface area contributed by atoms with Crippen LogP contribution < -0.4 is 10.5 Å². The maximum absolute atomic E-state index is 5.75. The number of hydrogen-bond acceptors (Lipinski definition) is 3. The van der Waals surface area contributed by atoms with Gasteiger partial charge in [-0.25, -0.2) is 4.98 Å². The van der Waals surface area contributed by atoms with Gasteiger partial charge in [-0.2, -0.15) is 0 Å². The average Bonchev–Trinajstić information content (AvgIpc) is 2.27. The van der Waals surface area contributed by atoms with Crippen molar-refractivity contribution in [3.8, 4) is 11.6 Å². The van der Waals surface area contributed by atoms with Gasteiger partial charge in [0, 0.05) is 11.9 Å². The Labute approximate surface area is 109 Å². The topological polar surface area (TPSA) is 48.1 Å². The summed E-state index contributed by atoms with van der Waals surface area (Å²) in [5, 5.41) is 0. The SMILES string of the molecule is Cc1cnc(Oc2ccc(N)c(C)c2)c(Br)c1. The van der Waals surface area contributed by atoms with Gasteiger partial charge in [-0.1, -0.05) is 0 Å². The van der Waals surface area contributed by atoms with Crippen molar-refractivity contribution in [2.75, 3.05) is 5.73 Å². The number of nitrogens with zero attached hydrogens (tertiary/aromatic N) is 1. The maximum Gasteiger partial charge on any atom is 0.233 e. The van der Waals surface area contributed by atoms with E-state index >= 15 is 0 Å². The summed E-state index contributed by atoms with van der Waals surface area (Å²) in [4.78, 5) is 4.22. The molecule has 1 aromatic heterocycles. The molecule has 1 heterocycles. The summed E-state index contributed by atoms with van der Waals surface area (Å²) < 4.78 is 6.53. The molecule has 3 nitrogen and oxygen atoms in total. The van der Waals surface area contributed by atoms with E-state index in [0.29, 0.717) is 5.88 Å². The number of rotatable bonds is 2. The van der Waals surface area contributed by atoms with Crippen LogP contribution in [0.5, 0.6) is 11.6 Å². The summed E-state index contributed by atoms with van der Waals surface area (Å²) in [5.74, 6) is 1.29. The van der Waals surface area contributed by atoms with Gasteiger partial charge in [0.15, 0.2) is 0 Å². The van der Waals surface area contributed by atoms with Crippen molar-refractivity contribution in [2.24, 2.45) is 0 Å². The van der Waals surface area contributed by atoms with Crippen molar-refractivity contribution in [3.63, 3.8) is 0 Å². The molecule has 0 saturated heterocycles. The van der Waals surface area contributed by atoms with E-state index in [9.17, 15) is 0 Å². The highest BCUT2D eigenvalue weighted by Crippen LogP contribution is 2.29. The Morgan fingerprint density at radius 3 is 2.65 bits per heavy atom. The van der Waals surface area contributed by atoms with Crippen LogP contribution in [0.1, 0.15) is 11.1 Å². The first-order valence-electron chi connectivity index (χ1n) is 5.22. The number of aryl methyl sites for hydroxylation is 2. The van der Waals surface area contributed by atoms with Gasteiger partial charge in [0.1, 0.15) is 5.75 Å². The lowest BCUT2D eigenvalue weighted by Crippen LogP contribution is -1.93. The molecule has 0 aliphatic carbocycles. The summed E-state index contributed by atoms with van der Waals surface area (Å²) >= 11 is 3.43. The third-order valence-corrected chi connectivity index (χ3v) is 2.97. The summed E-state index contributed by atoms with van der Waals surface area (Å²) in [5.41, 5.74) is 8.58. The van der Waals surface area contributed by atoms with Crippen LogP contribution in [0.15, 0.2) is 34.9 Å². The fraction of sp³-hybridized carbons (Fsp3) is 0.154. The quantitative estimate of drug-likeness (QED) is 0.856. The number of pyridine rings is 1. The molecule has 2 N–H and O–H groups in total. The van der Waals surface area contributed by atoms with Gasteiger partial charge in [-0.3, -0.25) is 0 Å². The summed E-state index contributed by atoms with van der Waals surface area (Å²) in [7, 11) is 0. The van der Waals surface area contributed by atoms with Crippen molar-refractivity contribution in [2.45, 2.75) is 13.8 Å². The van der Waals surface area contributed by atoms with Crippen LogP contribution in [0, 0.1) is 13.8 Å². The number of ether oxygens (including phenoxy) is 1. The van der Waals surface area contributed by atoms with E-state index in [2.05, 4.69) is 20.9 Å². The predicted octanol–water partition coefficient (Wildman–Crippen LogP) is 3.84. The van der Waals surface area contributed by atoms with Gasteiger partial charge in [0.25, 0.3) is 0 Å². The lowest BCUT2D eigenvalue weighted by molar-refractivity contribution is 0.459. The summed E-state index contributed by atoms with van der Waals surface area (Å²) in [6.45, 7) is 3.93. The first-order chi connectivity index (χ1) is 8.06. The first kappa shape index (κ1) is 11.9. The Kier molecular flexibility index (Phi) is 3.33. The molecular formula is C13H13BrN2O. The zero-order chi connectivity index (χ0) is 12.4. The van der Waals surface area contributed by atoms with Crippen molar-refractivity contribution in [1.82, 2.24) is 4.98 Å². The molecule has 0 aliphatic heterocycles. The molecule has 0 fully saturated rings. The van der Waals surface area contributed by atoms with Crippen molar-refractivity contribution >= 4 is 21.6 Å². The molecule has 88 valence electrons. The number of anilines is 1. The summed E-state index contributed by atoms with van der Waals surface area (Å²) in [6.07, 6.45) is 1.77. The minimum Gasteiger partial charge on any atom is -0.438 e. The Morgan fingerprint density at radius 1 is 1.24 bits per heavy atom. The molecule has 0 saturated carbocycles. The van der Waals surface area contributed by atoms with Crippen molar-refractivity contribution < 1.29 is 4.74 Å². The Balaban J connectivity index is 2.28. The Hall–Kier alpha value is -1.55. The molecule has 0 atom stereocenters. The van der Waals surface area contributed by atoms with E-state index in [4.69, 9.17) is 10.5 Å². The second-order valence-corrected chi connectivity index (χ2v) is 4.77. The lowest BCUT2D eigenvalue weighted by Gasteiger charge is -2.08. The van der Waals surface area contributed by atoms with E-state index in [1.165, 1.54) is 0 Å². The molecule has 0 aliphatic rings. The minimum atomic E-state index is 0.555. The van der Waals surface area contributed by atoms with Crippen LogP contribution in [0.2, 0.25) is 0 Å². The Bertz CT molecular complexity index is 555. The second kappa shape index (κ2) is 4.75. The molecule has 0 unspecified atom stereocenters. The smallest absolute Gasteiger partial charge is 0.233 e. The van der Waals surface area contributed by atoms with Crippen LogP contribution in [-0.2, 0) is 0 Å². The zero-order valence-electron chi connectivity index (χ0n) is 9.70. The van der Waals surface area contributed by atoms with E-state index in [-0.39, 0.29) is 0 Å². The number of aromatic nitrogens is 1. The minimum absolute atomic E-state index is 0.555. The average molecular weight is 293 g/mol. The normalized spacial score (nSPS) is 10.3. The van der Waals surface area contributed by atoms with Gasteiger partial charge >= 0.3 is 0 Å². The zero-order valence-corrected chi connectivity index (χ0v) is 11.3. The first-order valence-corrected chi connectivity index (χ1v) is 6.01. The van der Waals surface area contributed by atoms with Gasteiger partial charge in [-0.05, 0) is 65.2 Å². The highest BCUT2D eigenvalue weighted by atomic mass is 79.9. The van der Waals surface area contributed by atoms with E-state index in [0.717, 1.165) is 27.0 Å². The fourth-order valence-corrected chi connectivity index (χ4v) is 1.96. The number of nitrogen functional groups attached to an aromatic ring is 1. The van der Waals surface area contributed by atoms with Gasteiger partial charge < -0.3 is 10.5 Å². The number of nitrogens with two attached hydrogens (primary N) is 1. The fourth-order valence-electron chi connectivity index (χ4n) is 1.42. The van der Waals surface area contributed by atoms with Crippen LogP contribution in [-0.4, -0.2) is 4.98 Å². The maximum atomic E-state index is 5.75. The van der Waals surface area contributed by atoms with Crippen LogP contribution in [0.3, 0.4) is 0 Å². The second-order valence-electron chi connectivity index (χ2n) is 3.92. The molecule has 4 heteroatoms. The Morgan fingerprint density at radius 2 is 2.00 bits per heavy atom.